The highest BCUT2D eigenvalue weighted by Crippen LogP contribution is 2.50. The molecule has 0 aliphatic rings. The predicted octanol–water partition coefficient (Wildman–Crippen LogP) is 13.5. The molecule has 3 heterocycles. The highest BCUT2D eigenvalue weighted by Gasteiger charge is 2.24. The molecule has 0 atom stereocenters. The molecule has 228 valence electrons. The van der Waals surface area contributed by atoms with Crippen molar-refractivity contribution in [3.05, 3.63) is 158 Å². The first-order chi connectivity index (χ1) is 24.3. The van der Waals surface area contributed by atoms with Gasteiger partial charge in [0.05, 0.1) is 0 Å². The molecule has 0 aliphatic carbocycles. The van der Waals surface area contributed by atoms with Crippen LogP contribution in [0.3, 0.4) is 0 Å². The Labute approximate surface area is 280 Å². The minimum atomic E-state index is 0.801. The van der Waals surface area contributed by atoms with Gasteiger partial charge in [-0.05, 0) is 68.6 Å². The van der Waals surface area contributed by atoms with E-state index in [1.165, 1.54) is 32.7 Å². The molecule has 0 bridgehead atoms. The van der Waals surface area contributed by atoms with Gasteiger partial charge in [0.15, 0.2) is 0 Å². The molecule has 0 spiro atoms. The summed E-state index contributed by atoms with van der Waals surface area (Å²) in [6, 6.07) is 55.4. The van der Waals surface area contributed by atoms with Crippen LogP contribution in [-0.2, 0) is 0 Å². The van der Waals surface area contributed by atoms with Crippen molar-refractivity contribution in [1.29, 1.82) is 0 Å². The molecule has 0 saturated heterocycles. The molecule has 0 N–H and O–H groups in total. The molecule has 3 aromatic heterocycles. The van der Waals surface area contributed by atoms with E-state index < -0.39 is 0 Å². The maximum atomic E-state index is 6.64. The first-order valence-corrected chi connectivity index (χ1v) is 16.6. The number of para-hydroxylation sites is 2. The van der Waals surface area contributed by atoms with E-state index in [1.54, 1.807) is 0 Å². The minimum Gasteiger partial charge on any atom is -0.456 e. The van der Waals surface area contributed by atoms with Crippen molar-refractivity contribution in [2.45, 2.75) is 0 Å². The van der Waals surface area contributed by atoms with Crippen LogP contribution in [0.5, 0.6) is 0 Å². The Morgan fingerprint density at radius 2 is 0.816 bits per heavy atom. The molecule has 8 aromatic carbocycles. The second-order valence-electron chi connectivity index (χ2n) is 12.8. The fourth-order valence-corrected chi connectivity index (χ4v) is 7.98. The molecule has 0 saturated carbocycles. The van der Waals surface area contributed by atoms with Gasteiger partial charge in [-0.3, -0.25) is 0 Å². The smallest absolute Gasteiger partial charge is 0.139 e. The Bertz CT molecular complexity index is 3040. The topological polar surface area (TPSA) is 39.4 Å². The molecule has 11 rings (SSSR count). The highest BCUT2D eigenvalue weighted by molar-refractivity contribution is 6.30. The second kappa shape index (κ2) is 9.96. The van der Waals surface area contributed by atoms with Gasteiger partial charge in [-0.1, -0.05) is 121 Å². The van der Waals surface area contributed by atoms with Crippen LogP contribution in [0.4, 0.5) is 0 Å². The van der Waals surface area contributed by atoms with E-state index in [2.05, 4.69) is 115 Å². The van der Waals surface area contributed by atoms with E-state index in [4.69, 9.17) is 13.3 Å². The lowest BCUT2D eigenvalue weighted by atomic mass is 9.83. The monoisotopic (exact) mass is 626 g/mol. The van der Waals surface area contributed by atoms with E-state index in [-0.39, 0.29) is 0 Å². The Morgan fingerprint density at radius 1 is 0.265 bits per heavy atom. The number of fused-ring (bicyclic) bond motifs is 9. The van der Waals surface area contributed by atoms with E-state index in [9.17, 15) is 0 Å². The summed E-state index contributed by atoms with van der Waals surface area (Å²) in [5.74, 6) is 0.833. The number of hydrogen-bond acceptors (Lipinski definition) is 3. The fraction of sp³-hybridized carbons (Fsp3) is 0. The van der Waals surface area contributed by atoms with Crippen LogP contribution in [0, 0.1) is 0 Å². The molecule has 11 aromatic rings. The molecule has 0 aliphatic heterocycles. The molecule has 3 nitrogen and oxygen atoms in total. The van der Waals surface area contributed by atoms with Crippen LogP contribution >= 0.6 is 0 Å². The van der Waals surface area contributed by atoms with Crippen molar-refractivity contribution >= 4 is 76.4 Å². The maximum Gasteiger partial charge on any atom is 0.139 e. The second-order valence-corrected chi connectivity index (χ2v) is 12.8. The summed E-state index contributed by atoms with van der Waals surface area (Å²) in [5.41, 5.74) is 9.97. The highest BCUT2D eigenvalue weighted by atomic mass is 16.3. The molecule has 0 unspecified atom stereocenters. The Hall–Kier alpha value is -6.58. The standard InChI is InChI=1S/C46H26O3/c1-2-12-27(13-3-1)40-25-36-41(49-40)26-42-45(34-19-9-11-21-38(34)48-42)46(36)44-32-17-6-4-15-30(32)43(31-16-5-7-18-33(31)44)28-22-23-39-35(24-28)29-14-8-10-20-37(29)47-39/h1-26H. The summed E-state index contributed by atoms with van der Waals surface area (Å²) in [6.07, 6.45) is 0. The summed E-state index contributed by atoms with van der Waals surface area (Å²) in [6.45, 7) is 0. The van der Waals surface area contributed by atoms with Crippen LogP contribution in [0.2, 0.25) is 0 Å². The Kier molecular flexibility index (Phi) is 5.38. The number of rotatable bonds is 3. The van der Waals surface area contributed by atoms with Gasteiger partial charge in [-0.25, -0.2) is 0 Å². The van der Waals surface area contributed by atoms with Crippen LogP contribution in [0.25, 0.3) is 110 Å². The van der Waals surface area contributed by atoms with Gasteiger partial charge in [-0.15, -0.1) is 0 Å². The molecule has 3 heteroatoms. The van der Waals surface area contributed by atoms with Crippen molar-refractivity contribution in [2.75, 3.05) is 0 Å². The number of benzene rings is 8. The van der Waals surface area contributed by atoms with Crippen LogP contribution in [0.15, 0.2) is 171 Å². The summed E-state index contributed by atoms with van der Waals surface area (Å²) < 4.78 is 19.4. The summed E-state index contributed by atoms with van der Waals surface area (Å²) in [5, 5.41) is 10.2. The lowest BCUT2D eigenvalue weighted by Crippen LogP contribution is -1.92. The van der Waals surface area contributed by atoms with Crippen molar-refractivity contribution in [3.63, 3.8) is 0 Å². The Balaban J connectivity index is 1.30. The third-order valence-corrected chi connectivity index (χ3v) is 10.1. The average molecular weight is 627 g/mol. The van der Waals surface area contributed by atoms with Gasteiger partial charge in [0.25, 0.3) is 0 Å². The predicted molar refractivity (Wildman–Crippen MR) is 202 cm³/mol. The van der Waals surface area contributed by atoms with Gasteiger partial charge in [0.1, 0.15) is 33.7 Å². The molecule has 0 amide bonds. The first kappa shape index (κ1) is 26.5. The lowest BCUT2D eigenvalue weighted by molar-refractivity contribution is 0.628. The van der Waals surface area contributed by atoms with Gasteiger partial charge < -0.3 is 13.3 Å². The molecule has 0 fully saturated rings. The first-order valence-electron chi connectivity index (χ1n) is 16.6. The lowest BCUT2D eigenvalue weighted by Gasteiger charge is -2.18. The van der Waals surface area contributed by atoms with Gasteiger partial charge in [-0.2, -0.15) is 0 Å². The zero-order valence-corrected chi connectivity index (χ0v) is 26.2. The maximum absolute atomic E-state index is 6.64. The van der Waals surface area contributed by atoms with Gasteiger partial charge >= 0.3 is 0 Å². The normalized spacial score (nSPS) is 12.1. The van der Waals surface area contributed by atoms with Crippen molar-refractivity contribution in [2.24, 2.45) is 0 Å². The number of furan rings is 3. The van der Waals surface area contributed by atoms with E-state index in [0.717, 1.165) is 77.3 Å². The molecular formula is C46H26O3. The quantitative estimate of drug-likeness (QED) is 0.183. The minimum absolute atomic E-state index is 0.801. The average Bonchev–Trinajstić information content (AvgIpc) is 3.86. The SMILES string of the molecule is c1ccc(-c2cc3c(-c4c5ccccc5c(-c5ccc6oc7ccccc7c6c5)c5ccccc45)c4c(cc3o2)oc2ccccc24)cc1. The summed E-state index contributed by atoms with van der Waals surface area (Å²) >= 11 is 0. The zero-order valence-electron chi connectivity index (χ0n) is 26.2. The van der Waals surface area contributed by atoms with Crippen molar-refractivity contribution < 1.29 is 13.3 Å². The van der Waals surface area contributed by atoms with Gasteiger partial charge in [0, 0.05) is 44.1 Å². The summed E-state index contributed by atoms with van der Waals surface area (Å²) in [7, 11) is 0. The van der Waals surface area contributed by atoms with E-state index in [0.29, 0.717) is 0 Å². The van der Waals surface area contributed by atoms with E-state index >= 15 is 0 Å². The third kappa shape index (κ3) is 3.78. The zero-order chi connectivity index (χ0) is 32.1. The Morgan fingerprint density at radius 3 is 1.53 bits per heavy atom. The molecule has 0 radical (unpaired) electrons. The largest absolute Gasteiger partial charge is 0.456 e. The van der Waals surface area contributed by atoms with Crippen molar-refractivity contribution in [3.8, 4) is 33.6 Å². The molecule has 49 heavy (non-hydrogen) atoms. The van der Waals surface area contributed by atoms with Crippen LogP contribution in [-0.4, -0.2) is 0 Å². The van der Waals surface area contributed by atoms with Crippen LogP contribution in [0.1, 0.15) is 0 Å². The third-order valence-electron chi connectivity index (χ3n) is 10.1. The van der Waals surface area contributed by atoms with Crippen LogP contribution < -0.4 is 0 Å². The van der Waals surface area contributed by atoms with E-state index in [1.807, 2.05) is 42.5 Å². The number of hydrogen-bond donors (Lipinski definition) is 0. The fourth-order valence-electron chi connectivity index (χ4n) is 7.98. The molecular weight excluding hydrogens is 601 g/mol. The summed E-state index contributed by atoms with van der Waals surface area (Å²) in [4.78, 5) is 0. The van der Waals surface area contributed by atoms with Crippen molar-refractivity contribution in [1.82, 2.24) is 0 Å². The van der Waals surface area contributed by atoms with Gasteiger partial charge in [0.2, 0.25) is 0 Å².